The lowest BCUT2D eigenvalue weighted by Crippen LogP contribution is -2.12. The summed E-state index contributed by atoms with van der Waals surface area (Å²) in [6.07, 6.45) is 0.873. The van der Waals surface area contributed by atoms with Crippen LogP contribution in [0.5, 0.6) is 5.75 Å². The summed E-state index contributed by atoms with van der Waals surface area (Å²) in [5.74, 6) is 2.34. The van der Waals surface area contributed by atoms with E-state index in [2.05, 4.69) is 45.7 Å². The van der Waals surface area contributed by atoms with Gasteiger partial charge in [-0.15, -0.1) is 0 Å². The molecular weight excluding hydrogens is 336 g/mol. The van der Waals surface area contributed by atoms with Gasteiger partial charge in [0.05, 0.1) is 7.11 Å². The number of ether oxygens (including phenoxy) is 1. The number of benzene rings is 2. The summed E-state index contributed by atoms with van der Waals surface area (Å²) < 4.78 is 5.27. The Labute approximate surface area is 160 Å². The highest BCUT2D eigenvalue weighted by atomic mass is 16.5. The molecule has 1 heterocycles. The van der Waals surface area contributed by atoms with Crippen molar-refractivity contribution in [3.05, 3.63) is 77.5 Å². The summed E-state index contributed by atoms with van der Waals surface area (Å²) in [5, 5.41) is 6.78. The van der Waals surface area contributed by atoms with E-state index in [-0.39, 0.29) is 6.04 Å². The Kier molecular flexibility index (Phi) is 6.26. The van der Waals surface area contributed by atoms with Crippen LogP contribution in [0.3, 0.4) is 0 Å². The highest BCUT2D eigenvalue weighted by Gasteiger charge is 2.08. The number of hydrogen-bond donors (Lipinski definition) is 2. The Morgan fingerprint density at radius 1 is 1.00 bits per heavy atom. The standard InChI is InChI=1S/C22H26N4O/c1-16-14-21(25-17(2)19-9-5-4-6-10-19)26-22(24-16)23-13-12-18-8-7-11-20(15-18)27-3/h4-11,14-15,17H,12-13H2,1-3H3,(H2,23,24,25,26)/t17-/m0/s1. The van der Waals surface area contributed by atoms with Crippen molar-refractivity contribution >= 4 is 11.8 Å². The van der Waals surface area contributed by atoms with Crippen molar-refractivity contribution in [2.24, 2.45) is 0 Å². The zero-order valence-corrected chi connectivity index (χ0v) is 16.1. The minimum atomic E-state index is 0.171. The van der Waals surface area contributed by atoms with Crippen LogP contribution in [0.1, 0.15) is 29.8 Å². The van der Waals surface area contributed by atoms with Gasteiger partial charge in [0.2, 0.25) is 5.95 Å². The molecule has 1 atom stereocenters. The minimum Gasteiger partial charge on any atom is -0.497 e. The predicted molar refractivity (Wildman–Crippen MR) is 110 cm³/mol. The first-order valence-corrected chi connectivity index (χ1v) is 9.18. The van der Waals surface area contributed by atoms with Crippen LogP contribution in [0.25, 0.3) is 0 Å². The summed E-state index contributed by atoms with van der Waals surface area (Å²) in [6.45, 7) is 4.86. The van der Waals surface area contributed by atoms with E-state index in [1.54, 1.807) is 7.11 Å². The molecule has 0 aliphatic carbocycles. The van der Waals surface area contributed by atoms with Gasteiger partial charge in [0.1, 0.15) is 11.6 Å². The molecule has 5 heteroatoms. The van der Waals surface area contributed by atoms with Crippen molar-refractivity contribution in [2.75, 3.05) is 24.3 Å². The van der Waals surface area contributed by atoms with Gasteiger partial charge in [-0.05, 0) is 43.5 Å². The van der Waals surface area contributed by atoms with Crippen LogP contribution in [0, 0.1) is 6.92 Å². The van der Waals surface area contributed by atoms with Gasteiger partial charge < -0.3 is 15.4 Å². The molecule has 0 amide bonds. The van der Waals surface area contributed by atoms with Crippen LogP contribution in [-0.2, 0) is 6.42 Å². The highest BCUT2D eigenvalue weighted by Crippen LogP contribution is 2.19. The average molecular weight is 362 g/mol. The number of aromatic nitrogens is 2. The van der Waals surface area contributed by atoms with E-state index in [0.29, 0.717) is 5.95 Å². The third kappa shape index (κ3) is 5.45. The monoisotopic (exact) mass is 362 g/mol. The molecule has 0 spiro atoms. The molecule has 0 bridgehead atoms. The van der Waals surface area contributed by atoms with Crippen molar-refractivity contribution in [3.63, 3.8) is 0 Å². The van der Waals surface area contributed by atoms with Crippen LogP contribution in [-0.4, -0.2) is 23.6 Å². The van der Waals surface area contributed by atoms with E-state index >= 15 is 0 Å². The summed E-state index contributed by atoms with van der Waals surface area (Å²) in [6, 6.07) is 20.6. The van der Waals surface area contributed by atoms with Crippen LogP contribution in [0.15, 0.2) is 60.7 Å². The van der Waals surface area contributed by atoms with Gasteiger partial charge in [-0.3, -0.25) is 0 Å². The van der Waals surface area contributed by atoms with E-state index < -0.39 is 0 Å². The molecule has 0 saturated heterocycles. The van der Waals surface area contributed by atoms with Crippen molar-refractivity contribution in [2.45, 2.75) is 26.3 Å². The van der Waals surface area contributed by atoms with Gasteiger partial charge in [0, 0.05) is 24.3 Å². The van der Waals surface area contributed by atoms with E-state index in [0.717, 1.165) is 30.2 Å². The maximum absolute atomic E-state index is 5.27. The Bertz CT molecular complexity index is 867. The molecule has 140 valence electrons. The topological polar surface area (TPSA) is 59.1 Å². The first-order chi connectivity index (χ1) is 13.1. The molecular formula is C22H26N4O. The van der Waals surface area contributed by atoms with Gasteiger partial charge >= 0.3 is 0 Å². The third-order valence-electron chi connectivity index (χ3n) is 4.35. The molecule has 0 unspecified atom stereocenters. The van der Waals surface area contributed by atoms with Crippen molar-refractivity contribution in [3.8, 4) is 5.75 Å². The number of methoxy groups -OCH3 is 1. The molecule has 5 nitrogen and oxygen atoms in total. The van der Waals surface area contributed by atoms with E-state index in [1.165, 1.54) is 11.1 Å². The fourth-order valence-electron chi connectivity index (χ4n) is 2.92. The summed E-state index contributed by atoms with van der Waals surface area (Å²) >= 11 is 0. The summed E-state index contributed by atoms with van der Waals surface area (Å²) in [4.78, 5) is 9.10. The highest BCUT2D eigenvalue weighted by molar-refractivity contribution is 5.44. The number of rotatable bonds is 8. The second-order valence-electron chi connectivity index (χ2n) is 6.52. The Morgan fingerprint density at radius 3 is 2.59 bits per heavy atom. The lowest BCUT2D eigenvalue weighted by molar-refractivity contribution is 0.414. The first-order valence-electron chi connectivity index (χ1n) is 9.18. The van der Waals surface area contributed by atoms with E-state index in [9.17, 15) is 0 Å². The van der Waals surface area contributed by atoms with Gasteiger partial charge in [-0.25, -0.2) is 4.98 Å². The van der Waals surface area contributed by atoms with Crippen molar-refractivity contribution < 1.29 is 4.74 Å². The fraction of sp³-hybridized carbons (Fsp3) is 0.273. The minimum absolute atomic E-state index is 0.171. The molecule has 0 aliphatic rings. The zero-order valence-electron chi connectivity index (χ0n) is 16.1. The fourth-order valence-corrected chi connectivity index (χ4v) is 2.92. The van der Waals surface area contributed by atoms with Gasteiger partial charge in [-0.1, -0.05) is 42.5 Å². The number of hydrogen-bond acceptors (Lipinski definition) is 5. The Morgan fingerprint density at radius 2 is 1.81 bits per heavy atom. The average Bonchev–Trinajstić information content (AvgIpc) is 2.68. The Hall–Kier alpha value is -3.08. The molecule has 0 fully saturated rings. The lowest BCUT2D eigenvalue weighted by Gasteiger charge is -2.16. The van der Waals surface area contributed by atoms with Gasteiger partial charge in [0.25, 0.3) is 0 Å². The molecule has 3 rings (SSSR count). The second-order valence-corrected chi connectivity index (χ2v) is 6.52. The van der Waals surface area contributed by atoms with Crippen LogP contribution in [0.4, 0.5) is 11.8 Å². The zero-order chi connectivity index (χ0) is 19.1. The maximum atomic E-state index is 5.27. The lowest BCUT2D eigenvalue weighted by atomic mass is 10.1. The number of nitrogens with one attached hydrogen (secondary N) is 2. The van der Waals surface area contributed by atoms with Crippen LogP contribution >= 0.6 is 0 Å². The predicted octanol–water partition coefficient (Wildman–Crippen LogP) is 4.62. The summed E-state index contributed by atoms with van der Waals surface area (Å²) in [7, 11) is 1.68. The smallest absolute Gasteiger partial charge is 0.224 e. The quantitative estimate of drug-likeness (QED) is 0.612. The van der Waals surface area contributed by atoms with Crippen LogP contribution < -0.4 is 15.4 Å². The first kappa shape index (κ1) is 18.7. The van der Waals surface area contributed by atoms with E-state index in [1.807, 2.05) is 49.4 Å². The third-order valence-corrected chi connectivity index (χ3v) is 4.35. The molecule has 1 aromatic heterocycles. The number of aryl methyl sites for hydroxylation is 1. The molecule has 3 aromatic rings. The van der Waals surface area contributed by atoms with Crippen molar-refractivity contribution in [1.29, 1.82) is 0 Å². The molecule has 2 aromatic carbocycles. The molecule has 0 radical (unpaired) electrons. The van der Waals surface area contributed by atoms with E-state index in [4.69, 9.17) is 4.74 Å². The molecule has 0 saturated carbocycles. The number of anilines is 2. The molecule has 0 aliphatic heterocycles. The molecule has 27 heavy (non-hydrogen) atoms. The Balaban J connectivity index is 1.61. The van der Waals surface area contributed by atoms with Crippen molar-refractivity contribution in [1.82, 2.24) is 9.97 Å². The maximum Gasteiger partial charge on any atom is 0.224 e. The normalized spacial score (nSPS) is 11.7. The van der Waals surface area contributed by atoms with Gasteiger partial charge in [-0.2, -0.15) is 4.98 Å². The largest absolute Gasteiger partial charge is 0.497 e. The van der Waals surface area contributed by atoms with Gasteiger partial charge in [0.15, 0.2) is 0 Å². The van der Waals surface area contributed by atoms with Crippen LogP contribution in [0.2, 0.25) is 0 Å². The second kappa shape index (κ2) is 9.03. The molecule has 2 N–H and O–H groups in total. The summed E-state index contributed by atoms with van der Waals surface area (Å²) in [5.41, 5.74) is 3.36. The number of nitrogens with zero attached hydrogens (tertiary/aromatic N) is 2. The SMILES string of the molecule is COc1cccc(CCNc2nc(C)cc(N[C@@H](C)c3ccccc3)n2)c1.